The van der Waals surface area contributed by atoms with Crippen LogP contribution in [0.15, 0.2) is 22.7 Å². The van der Waals surface area contributed by atoms with Crippen molar-refractivity contribution < 1.29 is 0 Å². The minimum Gasteiger partial charge on any atom is -0.326 e. The Labute approximate surface area is 103 Å². The molecule has 0 spiro atoms. The van der Waals surface area contributed by atoms with Crippen molar-refractivity contribution in [2.45, 2.75) is 6.54 Å². The molecular weight excluding hydrogens is 362 g/mol. The van der Waals surface area contributed by atoms with Crippen molar-refractivity contribution in [2.75, 3.05) is 0 Å². The number of halogens is 3. The molecule has 0 saturated carbocycles. The van der Waals surface area contributed by atoms with Gasteiger partial charge >= 0.3 is 16.0 Å². The second kappa shape index (κ2) is 8.96. The first-order valence-electron chi connectivity index (χ1n) is 3.22. The zero-order valence-corrected chi connectivity index (χ0v) is 12.5. The van der Waals surface area contributed by atoms with Gasteiger partial charge in [0.05, 0.1) is 0 Å². The smallest absolute Gasteiger partial charge is 0.326 e. The van der Waals surface area contributed by atoms with Crippen molar-refractivity contribution >= 4 is 57.7 Å². The molecule has 0 saturated heterocycles. The van der Waals surface area contributed by atoms with Crippen LogP contribution in [0.2, 0.25) is 0 Å². The summed E-state index contributed by atoms with van der Waals surface area (Å²) in [5.41, 5.74) is 6.48. The molecule has 0 fully saturated rings. The first-order chi connectivity index (χ1) is 5.74. The van der Waals surface area contributed by atoms with Crippen molar-refractivity contribution in [2.24, 2.45) is 5.73 Å². The second-order valence-corrected chi connectivity index (χ2v) is 10.9. The van der Waals surface area contributed by atoms with Gasteiger partial charge in [0.25, 0.3) is 0 Å². The van der Waals surface area contributed by atoms with Crippen molar-refractivity contribution in [3.8, 4) is 0 Å². The molecule has 12 heavy (non-hydrogen) atoms. The summed E-state index contributed by atoms with van der Waals surface area (Å²) in [4.78, 5) is 0. The highest BCUT2D eigenvalue weighted by molar-refractivity contribution is 9.47. The molecule has 0 atom stereocenters. The highest BCUT2D eigenvalue weighted by atomic mass is 79.9. The maximum atomic E-state index is 5.38. The lowest BCUT2D eigenvalue weighted by Crippen LogP contribution is -1.94. The molecule has 2 N–H and O–H groups in total. The van der Waals surface area contributed by atoms with E-state index in [2.05, 4.69) is 47.8 Å². The fraction of sp³-hybridized carbons (Fsp3) is 0.143. The predicted octanol–water partition coefficient (Wildman–Crippen LogP) is 3.02. The molecule has 0 aliphatic heterocycles. The SMILES string of the molecule is NCc1c[c]cc(Br)c1.[Br][Mg][Br]. The fourth-order valence-electron chi connectivity index (χ4n) is 0.607. The molecule has 1 radical (unpaired) electrons. The summed E-state index contributed by atoms with van der Waals surface area (Å²) in [6.45, 7) is 0.579. The zero-order chi connectivity index (χ0) is 9.40. The van der Waals surface area contributed by atoms with Crippen LogP contribution in [0.3, 0.4) is 0 Å². The van der Waals surface area contributed by atoms with Gasteiger partial charge in [0.15, 0.2) is 0 Å². The lowest BCUT2D eigenvalue weighted by atomic mass is 10.2. The van der Waals surface area contributed by atoms with E-state index in [4.69, 9.17) is 5.73 Å². The Morgan fingerprint density at radius 1 is 1.42 bits per heavy atom. The van der Waals surface area contributed by atoms with Crippen LogP contribution < -0.4 is 5.73 Å². The van der Waals surface area contributed by atoms with Crippen molar-refractivity contribution in [3.63, 3.8) is 0 Å². The monoisotopic (exact) mass is 366 g/mol. The van der Waals surface area contributed by atoms with E-state index in [0.29, 0.717) is 6.54 Å². The van der Waals surface area contributed by atoms with E-state index in [9.17, 15) is 0 Å². The van der Waals surface area contributed by atoms with Gasteiger partial charge in [-0.1, -0.05) is 15.9 Å². The molecule has 0 aliphatic rings. The van der Waals surface area contributed by atoms with Gasteiger partial charge < -0.3 is 5.73 Å². The number of hydrogen-bond donors (Lipinski definition) is 1. The third-order valence-corrected chi connectivity index (χ3v) is 1.51. The third-order valence-electron chi connectivity index (χ3n) is 1.05. The van der Waals surface area contributed by atoms with E-state index < -0.39 is 0 Å². The maximum absolute atomic E-state index is 5.38. The Morgan fingerprint density at radius 2 is 2.00 bits per heavy atom. The molecule has 5 heteroatoms. The summed E-state index contributed by atoms with van der Waals surface area (Å²) in [7, 11) is 0. The standard InChI is InChI=1S/C7H7BrN.2BrH.Mg/c8-7-3-1-2-6(4-7)5-9;;;/h2-4H,5,9H2;2*1H;/q;;;+2/p-2. The molecule has 0 heterocycles. The zero-order valence-electron chi connectivity index (χ0n) is 6.36. The van der Waals surface area contributed by atoms with Gasteiger partial charge in [0.1, 0.15) is 0 Å². The summed E-state index contributed by atoms with van der Waals surface area (Å²) in [5, 5.41) is 0. The highest BCUT2D eigenvalue weighted by Crippen LogP contribution is 2.09. The Balaban J connectivity index is 0.000000354. The van der Waals surface area contributed by atoms with E-state index in [1.54, 1.807) is 0 Å². The van der Waals surface area contributed by atoms with E-state index in [1.807, 2.05) is 18.2 Å². The van der Waals surface area contributed by atoms with E-state index >= 15 is 0 Å². The fourth-order valence-corrected chi connectivity index (χ4v) is 1.03. The first kappa shape index (κ1) is 13.4. The molecule has 1 aromatic rings. The van der Waals surface area contributed by atoms with Gasteiger partial charge in [-0.25, -0.2) is 0 Å². The number of rotatable bonds is 1. The van der Waals surface area contributed by atoms with Crippen LogP contribution in [0.4, 0.5) is 0 Å². The van der Waals surface area contributed by atoms with Gasteiger partial charge in [-0.3, -0.25) is 25.8 Å². The molecule has 1 rings (SSSR count). The van der Waals surface area contributed by atoms with E-state index in [0.717, 1.165) is 10.0 Å². The van der Waals surface area contributed by atoms with E-state index in [-0.39, 0.29) is 16.0 Å². The third kappa shape index (κ3) is 6.85. The van der Waals surface area contributed by atoms with E-state index in [1.165, 1.54) is 0 Å². The van der Waals surface area contributed by atoms with Gasteiger partial charge in [0, 0.05) is 11.0 Å². The van der Waals surface area contributed by atoms with Crippen LogP contribution in [-0.4, -0.2) is 16.0 Å². The van der Waals surface area contributed by atoms with Crippen LogP contribution in [0, 0.1) is 6.07 Å². The summed E-state index contributed by atoms with van der Waals surface area (Å²) < 4.78 is 1.03. The van der Waals surface area contributed by atoms with Crippen LogP contribution in [0.1, 0.15) is 5.56 Å². The van der Waals surface area contributed by atoms with Crippen LogP contribution in [0.25, 0.3) is 0 Å². The molecule has 0 aromatic heterocycles. The highest BCUT2D eigenvalue weighted by Gasteiger charge is 1.87. The minimum absolute atomic E-state index is 0.0417. The Morgan fingerprint density at radius 3 is 2.33 bits per heavy atom. The Bertz CT molecular complexity index is 220. The van der Waals surface area contributed by atoms with Gasteiger partial charge in [0.2, 0.25) is 0 Å². The number of benzene rings is 1. The quantitative estimate of drug-likeness (QED) is 0.757. The van der Waals surface area contributed by atoms with Gasteiger partial charge in [-0.15, -0.1) is 0 Å². The maximum Gasteiger partial charge on any atom is 0.560 e. The normalized spacial score (nSPS) is 8.00. The lowest BCUT2D eigenvalue weighted by Gasteiger charge is -1.93. The molecule has 0 unspecified atom stereocenters. The number of hydrogen-bond acceptors (Lipinski definition) is 1. The summed E-state index contributed by atoms with van der Waals surface area (Å²) in [5.74, 6) is 0. The molecule has 0 bridgehead atoms. The summed E-state index contributed by atoms with van der Waals surface area (Å²) in [6.07, 6.45) is 0. The van der Waals surface area contributed by atoms with Crippen LogP contribution in [0.5, 0.6) is 0 Å². The molecule has 0 amide bonds. The largest absolute Gasteiger partial charge is 0.560 e. The lowest BCUT2D eigenvalue weighted by molar-refractivity contribution is 1.07. The average Bonchev–Trinajstić information content (AvgIpc) is 2.06. The van der Waals surface area contributed by atoms with Crippen molar-refractivity contribution in [1.29, 1.82) is 0 Å². The van der Waals surface area contributed by atoms with Crippen molar-refractivity contribution in [3.05, 3.63) is 34.3 Å². The van der Waals surface area contributed by atoms with Gasteiger partial charge in [-0.2, -0.15) is 0 Å². The Hall–Kier alpha value is 1.39. The number of nitrogens with two attached hydrogens (primary N) is 1. The van der Waals surface area contributed by atoms with Crippen molar-refractivity contribution in [1.82, 2.24) is 0 Å². The van der Waals surface area contributed by atoms with Gasteiger partial charge in [-0.05, 0) is 29.8 Å². The van der Waals surface area contributed by atoms with Crippen LogP contribution in [-0.2, 0) is 6.54 Å². The minimum atomic E-state index is 0.0417. The average molecular weight is 369 g/mol. The molecule has 0 aliphatic carbocycles. The first-order valence-corrected chi connectivity index (χ1v) is 11.8. The second-order valence-electron chi connectivity index (χ2n) is 1.86. The summed E-state index contributed by atoms with van der Waals surface area (Å²) in [6, 6.07) is 8.68. The molecule has 1 nitrogen and oxygen atoms in total. The van der Waals surface area contributed by atoms with Crippen LogP contribution >= 0.6 is 41.7 Å². The molecule has 63 valence electrons. The molecular formula is C7H7Br3MgN. The molecule has 1 aromatic carbocycles. The predicted molar refractivity (Wildman–Crippen MR) is 64.5 cm³/mol. The Kier molecular flexibility index (Phi) is 10.00. The topological polar surface area (TPSA) is 26.0 Å². The summed E-state index contributed by atoms with van der Waals surface area (Å²) >= 11 is 9.76.